The minimum Gasteiger partial charge on any atom is -0.472 e. The van der Waals surface area contributed by atoms with Gasteiger partial charge in [0.15, 0.2) is 0 Å². The molecule has 0 aliphatic rings. The molecule has 0 radical (unpaired) electrons. The molecule has 1 aromatic heterocycles. The molecule has 1 rings (SSSR count). The molecule has 0 aromatic carbocycles. The Morgan fingerprint density at radius 2 is 2.15 bits per heavy atom. The summed E-state index contributed by atoms with van der Waals surface area (Å²) in [5.41, 5.74) is 7.08. The molecule has 74 valence electrons. The standard InChI is InChI=1S/C11H19NO/c1-9(2)4-3-5-11(12)10-6-7-13-8-10/h6-9,11H,3-5,12H2,1-2H3. The van der Waals surface area contributed by atoms with E-state index in [1.807, 2.05) is 6.07 Å². The molecule has 0 aliphatic carbocycles. The van der Waals surface area contributed by atoms with Crippen LogP contribution in [0.4, 0.5) is 0 Å². The maximum Gasteiger partial charge on any atom is 0.0950 e. The van der Waals surface area contributed by atoms with E-state index in [2.05, 4.69) is 13.8 Å². The van der Waals surface area contributed by atoms with Crippen LogP contribution in [0.1, 0.15) is 44.7 Å². The third-order valence-corrected chi connectivity index (χ3v) is 2.27. The molecule has 1 heterocycles. The van der Waals surface area contributed by atoms with Gasteiger partial charge in [0.25, 0.3) is 0 Å². The number of hydrogen-bond acceptors (Lipinski definition) is 2. The van der Waals surface area contributed by atoms with Crippen molar-refractivity contribution in [1.82, 2.24) is 0 Å². The molecule has 1 unspecified atom stereocenters. The third kappa shape index (κ3) is 3.64. The Labute approximate surface area is 80.1 Å². The van der Waals surface area contributed by atoms with Gasteiger partial charge in [-0.15, -0.1) is 0 Å². The maximum absolute atomic E-state index is 5.97. The smallest absolute Gasteiger partial charge is 0.0950 e. The molecule has 2 N–H and O–H groups in total. The van der Waals surface area contributed by atoms with Gasteiger partial charge in [-0.1, -0.05) is 26.7 Å². The quantitative estimate of drug-likeness (QED) is 0.758. The normalized spacial score (nSPS) is 13.5. The lowest BCUT2D eigenvalue weighted by molar-refractivity contribution is 0.500. The van der Waals surface area contributed by atoms with Crippen molar-refractivity contribution in [3.05, 3.63) is 24.2 Å². The van der Waals surface area contributed by atoms with Crippen molar-refractivity contribution in [1.29, 1.82) is 0 Å². The van der Waals surface area contributed by atoms with Crippen molar-refractivity contribution in [2.45, 2.75) is 39.2 Å². The molecule has 1 atom stereocenters. The molecule has 2 heteroatoms. The van der Waals surface area contributed by atoms with Gasteiger partial charge >= 0.3 is 0 Å². The van der Waals surface area contributed by atoms with Crippen LogP contribution >= 0.6 is 0 Å². The molecule has 0 amide bonds. The van der Waals surface area contributed by atoms with Gasteiger partial charge in [0.2, 0.25) is 0 Å². The first-order chi connectivity index (χ1) is 6.20. The van der Waals surface area contributed by atoms with E-state index in [0.717, 1.165) is 17.9 Å². The SMILES string of the molecule is CC(C)CCCC(N)c1ccoc1. The zero-order valence-electron chi connectivity index (χ0n) is 8.49. The molecule has 1 aromatic rings. The van der Waals surface area contributed by atoms with E-state index < -0.39 is 0 Å². The number of furan rings is 1. The maximum atomic E-state index is 5.97. The van der Waals surface area contributed by atoms with E-state index in [4.69, 9.17) is 10.2 Å². The fourth-order valence-corrected chi connectivity index (χ4v) is 1.40. The summed E-state index contributed by atoms with van der Waals surface area (Å²) in [6.07, 6.45) is 6.92. The van der Waals surface area contributed by atoms with E-state index >= 15 is 0 Å². The molecular weight excluding hydrogens is 162 g/mol. The highest BCUT2D eigenvalue weighted by molar-refractivity contribution is 5.10. The lowest BCUT2D eigenvalue weighted by Gasteiger charge is -2.09. The molecule has 0 spiro atoms. The van der Waals surface area contributed by atoms with Crippen LogP contribution in [0.25, 0.3) is 0 Å². The summed E-state index contributed by atoms with van der Waals surface area (Å²) in [5.74, 6) is 0.775. The lowest BCUT2D eigenvalue weighted by atomic mass is 10.0. The molecule has 0 saturated carbocycles. The van der Waals surface area contributed by atoms with Gasteiger partial charge in [0.1, 0.15) is 0 Å². The number of rotatable bonds is 5. The van der Waals surface area contributed by atoms with Crippen LogP contribution in [0.3, 0.4) is 0 Å². The van der Waals surface area contributed by atoms with Crippen molar-refractivity contribution in [2.75, 3.05) is 0 Å². The third-order valence-electron chi connectivity index (χ3n) is 2.27. The highest BCUT2D eigenvalue weighted by atomic mass is 16.3. The Balaban J connectivity index is 2.22. The van der Waals surface area contributed by atoms with Gasteiger partial charge in [-0.3, -0.25) is 0 Å². The second-order valence-electron chi connectivity index (χ2n) is 3.99. The van der Waals surface area contributed by atoms with Gasteiger partial charge in [0, 0.05) is 11.6 Å². The van der Waals surface area contributed by atoms with Gasteiger partial charge < -0.3 is 10.2 Å². The van der Waals surface area contributed by atoms with Crippen LogP contribution in [0.15, 0.2) is 23.0 Å². The van der Waals surface area contributed by atoms with Crippen LogP contribution in [-0.4, -0.2) is 0 Å². The lowest BCUT2D eigenvalue weighted by Crippen LogP contribution is -2.09. The zero-order chi connectivity index (χ0) is 9.68. The van der Waals surface area contributed by atoms with Crippen molar-refractivity contribution in [3.8, 4) is 0 Å². The summed E-state index contributed by atoms with van der Waals surface area (Å²) in [5, 5.41) is 0. The first-order valence-electron chi connectivity index (χ1n) is 4.98. The summed E-state index contributed by atoms with van der Waals surface area (Å²) in [4.78, 5) is 0. The van der Waals surface area contributed by atoms with Gasteiger partial charge in [0.05, 0.1) is 12.5 Å². The Hall–Kier alpha value is -0.760. The average molecular weight is 181 g/mol. The van der Waals surface area contributed by atoms with Gasteiger partial charge in [-0.05, 0) is 18.4 Å². The zero-order valence-corrected chi connectivity index (χ0v) is 8.49. The number of hydrogen-bond donors (Lipinski definition) is 1. The first kappa shape index (κ1) is 10.3. The fourth-order valence-electron chi connectivity index (χ4n) is 1.40. The van der Waals surface area contributed by atoms with Crippen molar-refractivity contribution < 1.29 is 4.42 Å². The number of nitrogens with two attached hydrogens (primary N) is 1. The summed E-state index contributed by atoms with van der Waals surface area (Å²) >= 11 is 0. The average Bonchev–Trinajstić information content (AvgIpc) is 2.55. The Kier molecular flexibility index (Phi) is 4.03. The highest BCUT2D eigenvalue weighted by Gasteiger charge is 2.06. The predicted octanol–water partition coefficient (Wildman–Crippen LogP) is 3.11. The monoisotopic (exact) mass is 181 g/mol. The van der Waals surface area contributed by atoms with Crippen molar-refractivity contribution in [3.63, 3.8) is 0 Å². The molecule has 0 aliphatic heterocycles. The Bertz CT molecular complexity index is 216. The minimum absolute atomic E-state index is 0.150. The second kappa shape index (κ2) is 5.07. The van der Waals surface area contributed by atoms with E-state index in [0.29, 0.717) is 0 Å². The van der Waals surface area contributed by atoms with E-state index in [1.165, 1.54) is 12.8 Å². The van der Waals surface area contributed by atoms with Crippen molar-refractivity contribution >= 4 is 0 Å². The highest BCUT2D eigenvalue weighted by Crippen LogP contribution is 2.18. The van der Waals surface area contributed by atoms with Crippen molar-refractivity contribution in [2.24, 2.45) is 11.7 Å². The molecule has 0 saturated heterocycles. The summed E-state index contributed by atoms with van der Waals surface area (Å²) in [6, 6.07) is 2.09. The summed E-state index contributed by atoms with van der Waals surface area (Å²) < 4.78 is 4.98. The first-order valence-corrected chi connectivity index (χ1v) is 4.98. The fraction of sp³-hybridized carbons (Fsp3) is 0.636. The summed E-state index contributed by atoms with van der Waals surface area (Å²) in [7, 11) is 0. The molecule has 2 nitrogen and oxygen atoms in total. The topological polar surface area (TPSA) is 39.2 Å². The van der Waals surface area contributed by atoms with Crippen LogP contribution in [0.5, 0.6) is 0 Å². The molecule has 0 bridgehead atoms. The van der Waals surface area contributed by atoms with Crippen LogP contribution in [0, 0.1) is 5.92 Å². The van der Waals surface area contributed by atoms with Gasteiger partial charge in [-0.25, -0.2) is 0 Å². The molecule has 13 heavy (non-hydrogen) atoms. The largest absolute Gasteiger partial charge is 0.472 e. The predicted molar refractivity (Wildman–Crippen MR) is 54.3 cm³/mol. The van der Waals surface area contributed by atoms with Crippen LogP contribution < -0.4 is 5.73 Å². The Morgan fingerprint density at radius 1 is 1.38 bits per heavy atom. The van der Waals surface area contributed by atoms with Crippen LogP contribution in [-0.2, 0) is 0 Å². The molecular formula is C11H19NO. The van der Waals surface area contributed by atoms with E-state index in [-0.39, 0.29) is 6.04 Å². The van der Waals surface area contributed by atoms with E-state index in [9.17, 15) is 0 Å². The van der Waals surface area contributed by atoms with Gasteiger partial charge in [-0.2, -0.15) is 0 Å². The Morgan fingerprint density at radius 3 is 2.69 bits per heavy atom. The van der Waals surface area contributed by atoms with E-state index in [1.54, 1.807) is 12.5 Å². The van der Waals surface area contributed by atoms with Crippen LogP contribution in [0.2, 0.25) is 0 Å². The second-order valence-corrected chi connectivity index (χ2v) is 3.99. The summed E-state index contributed by atoms with van der Waals surface area (Å²) in [6.45, 7) is 4.48. The molecule has 0 fully saturated rings. The minimum atomic E-state index is 0.150.